The van der Waals surface area contributed by atoms with Gasteiger partial charge in [-0.1, -0.05) is 0 Å². The average molecular weight is 132 g/mol. The van der Waals surface area contributed by atoms with E-state index in [4.69, 9.17) is 0 Å². The van der Waals surface area contributed by atoms with Crippen molar-refractivity contribution in [2.24, 2.45) is 0 Å². The molecule has 0 aliphatic carbocycles. The Balaban J connectivity index is 0. The topological polar surface area (TPSA) is 0 Å². The Kier molecular flexibility index (Phi) is 19.9. The standard InChI is InChI=1S/CH3.Al.Fe.H3Si.3H/h1H3;;;1H3;;;. The van der Waals surface area contributed by atoms with Gasteiger partial charge in [-0.25, -0.2) is 0 Å². The van der Waals surface area contributed by atoms with Crippen LogP contribution in [0.4, 0.5) is 0 Å². The van der Waals surface area contributed by atoms with Crippen LogP contribution in [0, 0.1) is 0 Å². The molecule has 0 bridgehead atoms. The van der Waals surface area contributed by atoms with E-state index in [-0.39, 0.29) is 17.4 Å². The summed E-state index contributed by atoms with van der Waals surface area (Å²) in [5.41, 5.74) is 0. The van der Waals surface area contributed by atoms with Crippen LogP contribution in [0.3, 0.4) is 0 Å². The second-order valence-corrected chi connectivity index (χ2v) is 4.37. The van der Waals surface area contributed by atoms with Crippen molar-refractivity contribution in [2.75, 3.05) is 0 Å². The van der Waals surface area contributed by atoms with E-state index in [1.54, 1.807) is 0 Å². The van der Waals surface area contributed by atoms with E-state index in [0.29, 0.717) is 0 Å². The molecule has 0 radical (unpaired) electrons. The average Bonchev–Trinajstić information content (AvgIpc) is 0.918. The first kappa shape index (κ1) is 8.99. The predicted molar refractivity (Wildman–Crippen MR) is 25.7 cm³/mol. The molecule has 0 aromatic heterocycles. The van der Waals surface area contributed by atoms with Crippen molar-refractivity contribution >= 4 is 26.2 Å². The Labute approximate surface area is 46.5 Å². The molecule has 0 aliphatic heterocycles. The monoisotopic (exact) mass is 132 g/mol. The van der Waals surface area contributed by atoms with Crippen LogP contribution in [0.15, 0.2) is 0 Å². The molecule has 4 heavy (non-hydrogen) atoms. The third-order valence-corrected chi connectivity index (χ3v) is 0. The summed E-state index contributed by atoms with van der Waals surface area (Å²) in [4.78, 5) is 0. The third kappa shape index (κ3) is 10.5. The van der Waals surface area contributed by atoms with Crippen molar-refractivity contribution in [3.05, 3.63) is 0 Å². The molecule has 0 fully saturated rings. The van der Waals surface area contributed by atoms with Crippen molar-refractivity contribution < 1.29 is 14.3 Å². The fourth-order valence-electron chi connectivity index (χ4n) is 0. The molecule has 0 rings (SSSR count). The van der Waals surface area contributed by atoms with E-state index in [9.17, 15) is 0 Å². The zero-order valence-electron chi connectivity index (χ0n) is 2.35. The molecule has 0 aromatic rings. The molecule has 3 heteroatoms. The summed E-state index contributed by atoms with van der Waals surface area (Å²) in [5.74, 6) is 2.19. The Morgan fingerprint density at radius 1 is 1.75 bits per heavy atom. The first-order chi connectivity index (χ1) is 1.41. The van der Waals surface area contributed by atoms with Gasteiger partial charge in [0.05, 0.1) is 0 Å². The quantitative estimate of drug-likeness (QED) is 0.341. The van der Waals surface area contributed by atoms with Crippen LogP contribution in [-0.4, -0.2) is 26.2 Å². The molecule has 0 heterocycles. The predicted octanol–water partition coefficient (Wildman–Crippen LogP) is -1.79. The van der Waals surface area contributed by atoms with Crippen molar-refractivity contribution in [3.8, 4) is 0 Å². The zero-order chi connectivity index (χ0) is 2.71. The van der Waals surface area contributed by atoms with Gasteiger partial charge >= 0.3 is 29.0 Å². The summed E-state index contributed by atoms with van der Waals surface area (Å²) in [6, 6.07) is 0. The summed E-state index contributed by atoms with van der Waals surface area (Å²) in [6.45, 7) is 0. The molecular weight excluding hydrogens is 123 g/mol. The van der Waals surface area contributed by atoms with Crippen LogP contribution >= 0.6 is 0 Å². The maximum atomic E-state index is 2.19. The molecule has 0 atom stereocenters. The molecule has 0 spiro atoms. The Hall–Kier alpha value is 1.27. The minimum absolute atomic E-state index is 0. The number of hydrogen-bond acceptors (Lipinski definition) is 0. The van der Waals surface area contributed by atoms with Crippen LogP contribution in [0.5, 0.6) is 0 Å². The van der Waals surface area contributed by atoms with Gasteiger partial charge in [-0.05, 0) is 0 Å². The van der Waals surface area contributed by atoms with Gasteiger partial charge in [-0.15, -0.1) is 0 Å². The van der Waals surface area contributed by atoms with Crippen molar-refractivity contribution in [1.29, 1.82) is 0 Å². The summed E-state index contributed by atoms with van der Waals surface area (Å²) in [6.07, 6.45) is 0. The second-order valence-electron chi connectivity index (χ2n) is 0.354. The molecule has 0 N–H and O–H groups in total. The molecule has 0 nitrogen and oxygen atoms in total. The molecule has 28 valence electrons. The molecule has 0 saturated carbocycles. The van der Waals surface area contributed by atoms with Crippen LogP contribution in [0.25, 0.3) is 0 Å². The summed E-state index contributed by atoms with van der Waals surface area (Å²) < 4.78 is 0. The zero-order valence-corrected chi connectivity index (χ0v) is 5.46. The normalized spacial score (nSPS) is 6.25. The van der Waals surface area contributed by atoms with E-state index < -0.39 is 0 Å². The van der Waals surface area contributed by atoms with Gasteiger partial charge in [0.25, 0.3) is 0 Å². The summed E-state index contributed by atoms with van der Waals surface area (Å²) in [5, 5.41) is 0. The van der Waals surface area contributed by atoms with Gasteiger partial charge in [0.1, 0.15) is 0 Å². The van der Waals surface area contributed by atoms with Gasteiger partial charge in [0, 0.05) is 0 Å². The van der Waals surface area contributed by atoms with Crippen LogP contribution in [0.2, 0.25) is 5.82 Å². The maximum absolute atomic E-state index is 2.19. The fourth-order valence-corrected chi connectivity index (χ4v) is 0. The van der Waals surface area contributed by atoms with Crippen LogP contribution in [-0.2, 0) is 14.3 Å². The Morgan fingerprint density at radius 2 is 1.75 bits per heavy atom. The summed E-state index contributed by atoms with van der Waals surface area (Å²) >= 11 is 1.39. The van der Waals surface area contributed by atoms with Crippen LogP contribution < -0.4 is 0 Å². The van der Waals surface area contributed by atoms with E-state index in [0.717, 1.165) is 0 Å². The molecule has 0 aromatic carbocycles. The number of rotatable bonds is 0. The van der Waals surface area contributed by atoms with E-state index in [1.165, 1.54) is 23.2 Å². The van der Waals surface area contributed by atoms with Crippen molar-refractivity contribution in [1.82, 2.24) is 0 Å². The molecule has 0 amide bonds. The molecular formula is CH9AlFeSi. The Bertz CT molecular complexity index is 8.00. The van der Waals surface area contributed by atoms with Crippen molar-refractivity contribution in [3.63, 3.8) is 0 Å². The van der Waals surface area contributed by atoms with Crippen molar-refractivity contribution in [2.45, 2.75) is 5.82 Å². The minimum atomic E-state index is 0. The first-order valence-electron chi connectivity index (χ1n) is 0.707. The van der Waals surface area contributed by atoms with Gasteiger partial charge in [-0.2, -0.15) is 0 Å². The number of hydrogen-bond donors (Lipinski definition) is 0. The third-order valence-electron chi connectivity index (χ3n) is 0. The van der Waals surface area contributed by atoms with E-state index in [2.05, 4.69) is 5.82 Å². The summed E-state index contributed by atoms with van der Waals surface area (Å²) in [7, 11) is 1.37. The van der Waals surface area contributed by atoms with Gasteiger partial charge in [0.15, 0.2) is 17.4 Å². The van der Waals surface area contributed by atoms with Gasteiger partial charge in [-0.3, -0.25) is 0 Å². The Morgan fingerprint density at radius 3 is 1.75 bits per heavy atom. The van der Waals surface area contributed by atoms with Gasteiger partial charge in [0.2, 0.25) is 0 Å². The fraction of sp³-hybridized carbons (Fsp3) is 1.00. The van der Waals surface area contributed by atoms with E-state index >= 15 is 0 Å². The van der Waals surface area contributed by atoms with Gasteiger partial charge < -0.3 is 0 Å². The molecule has 0 aliphatic rings. The second kappa shape index (κ2) is 8.86. The molecule has 0 saturated heterocycles. The first-order valence-corrected chi connectivity index (χ1v) is 5.83. The van der Waals surface area contributed by atoms with Crippen LogP contribution in [0.1, 0.15) is 0 Å². The molecule has 0 unspecified atom stereocenters. The van der Waals surface area contributed by atoms with E-state index in [1.807, 2.05) is 0 Å². The SMILES string of the molecule is [AlH3].[CH3][Fe][SiH3].